The van der Waals surface area contributed by atoms with Gasteiger partial charge in [-0.2, -0.15) is 0 Å². The van der Waals surface area contributed by atoms with Crippen molar-refractivity contribution in [2.24, 2.45) is 0 Å². The second-order valence-electron chi connectivity index (χ2n) is 3.81. The lowest BCUT2D eigenvalue weighted by Crippen LogP contribution is -2.29. The second-order valence-corrected chi connectivity index (χ2v) is 3.81. The number of hydrogen-bond acceptors (Lipinski definition) is 2. The zero-order valence-corrected chi connectivity index (χ0v) is 8.97. The molecule has 13 heavy (non-hydrogen) atoms. The first-order chi connectivity index (χ1) is 6.33. The van der Waals surface area contributed by atoms with E-state index in [4.69, 9.17) is 9.47 Å². The zero-order chi connectivity index (χ0) is 9.57. The number of rotatable bonds is 6. The van der Waals surface area contributed by atoms with Gasteiger partial charge in [0.1, 0.15) is 0 Å². The predicted molar refractivity (Wildman–Crippen MR) is 53.7 cm³/mol. The summed E-state index contributed by atoms with van der Waals surface area (Å²) >= 11 is 0. The summed E-state index contributed by atoms with van der Waals surface area (Å²) in [5, 5.41) is 0. The minimum Gasteiger partial charge on any atom is -0.348 e. The van der Waals surface area contributed by atoms with Crippen LogP contribution in [0.2, 0.25) is 0 Å². The summed E-state index contributed by atoms with van der Waals surface area (Å²) in [5.74, 6) is -0.202. The molecule has 0 atom stereocenters. The van der Waals surface area contributed by atoms with E-state index in [0.717, 1.165) is 26.1 Å². The molecule has 0 aromatic rings. The van der Waals surface area contributed by atoms with Crippen LogP contribution in [0.3, 0.4) is 0 Å². The molecule has 78 valence electrons. The van der Waals surface area contributed by atoms with E-state index in [-0.39, 0.29) is 5.79 Å². The standard InChI is InChI=1S/C11H22O2/c1-3-5-7-11(8-6-4-2)12-9-10-13-11/h3-10H2,1-2H3. The van der Waals surface area contributed by atoms with Crippen LogP contribution in [0.5, 0.6) is 0 Å². The van der Waals surface area contributed by atoms with Gasteiger partial charge in [0.25, 0.3) is 0 Å². The first-order valence-electron chi connectivity index (χ1n) is 5.61. The van der Waals surface area contributed by atoms with Crippen molar-refractivity contribution in [2.45, 2.75) is 58.2 Å². The van der Waals surface area contributed by atoms with Crippen LogP contribution in [0.1, 0.15) is 52.4 Å². The van der Waals surface area contributed by atoms with Crippen molar-refractivity contribution in [1.29, 1.82) is 0 Å². The van der Waals surface area contributed by atoms with Gasteiger partial charge in [0.2, 0.25) is 0 Å². The van der Waals surface area contributed by atoms with E-state index in [1.54, 1.807) is 0 Å². The fraction of sp³-hybridized carbons (Fsp3) is 1.00. The molecule has 2 heteroatoms. The molecule has 0 aromatic heterocycles. The van der Waals surface area contributed by atoms with Crippen molar-refractivity contribution in [3.05, 3.63) is 0 Å². The molecule has 0 bridgehead atoms. The van der Waals surface area contributed by atoms with Gasteiger partial charge in [0, 0.05) is 12.8 Å². The highest BCUT2D eigenvalue weighted by atomic mass is 16.7. The Hall–Kier alpha value is -0.0800. The Morgan fingerprint density at radius 2 is 1.38 bits per heavy atom. The molecule has 1 heterocycles. The van der Waals surface area contributed by atoms with Crippen molar-refractivity contribution in [1.82, 2.24) is 0 Å². The lowest BCUT2D eigenvalue weighted by atomic mass is 10.0. The van der Waals surface area contributed by atoms with Crippen molar-refractivity contribution in [3.63, 3.8) is 0 Å². The molecule has 1 saturated heterocycles. The van der Waals surface area contributed by atoms with Gasteiger partial charge in [-0.25, -0.2) is 0 Å². The van der Waals surface area contributed by atoms with Crippen molar-refractivity contribution < 1.29 is 9.47 Å². The molecular weight excluding hydrogens is 164 g/mol. The summed E-state index contributed by atoms with van der Waals surface area (Å²) in [7, 11) is 0. The van der Waals surface area contributed by atoms with Crippen molar-refractivity contribution >= 4 is 0 Å². The third-order valence-electron chi connectivity index (χ3n) is 2.64. The van der Waals surface area contributed by atoms with Crippen LogP contribution in [0, 0.1) is 0 Å². The molecule has 1 aliphatic rings. The Bertz CT molecular complexity index is 118. The smallest absolute Gasteiger partial charge is 0.168 e. The monoisotopic (exact) mass is 186 g/mol. The summed E-state index contributed by atoms with van der Waals surface area (Å²) in [6.07, 6.45) is 7.02. The van der Waals surface area contributed by atoms with Gasteiger partial charge in [-0.3, -0.25) is 0 Å². The Balaban J connectivity index is 2.33. The maximum atomic E-state index is 5.72. The molecule has 0 aliphatic carbocycles. The van der Waals surface area contributed by atoms with Gasteiger partial charge in [0.15, 0.2) is 5.79 Å². The number of ether oxygens (including phenoxy) is 2. The lowest BCUT2D eigenvalue weighted by Gasteiger charge is -2.27. The molecule has 0 saturated carbocycles. The quantitative estimate of drug-likeness (QED) is 0.634. The van der Waals surface area contributed by atoms with E-state index >= 15 is 0 Å². The van der Waals surface area contributed by atoms with Gasteiger partial charge in [-0.15, -0.1) is 0 Å². The summed E-state index contributed by atoms with van der Waals surface area (Å²) in [6, 6.07) is 0. The Morgan fingerprint density at radius 1 is 0.923 bits per heavy atom. The van der Waals surface area contributed by atoms with Crippen LogP contribution < -0.4 is 0 Å². The first kappa shape index (κ1) is 11.0. The second kappa shape index (κ2) is 5.61. The molecule has 0 amide bonds. The third-order valence-corrected chi connectivity index (χ3v) is 2.64. The minimum absolute atomic E-state index is 0.202. The lowest BCUT2D eigenvalue weighted by molar-refractivity contribution is -0.168. The number of unbranched alkanes of at least 4 members (excludes halogenated alkanes) is 2. The van der Waals surface area contributed by atoms with E-state index in [1.807, 2.05) is 0 Å². The molecule has 0 spiro atoms. The van der Waals surface area contributed by atoms with Gasteiger partial charge in [-0.05, 0) is 12.8 Å². The van der Waals surface area contributed by atoms with Crippen LogP contribution in [0.25, 0.3) is 0 Å². The fourth-order valence-corrected chi connectivity index (χ4v) is 1.80. The Morgan fingerprint density at radius 3 is 1.77 bits per heavy atom. The molecule has 1 fully saturated rings. The third kappa shape index (κ3) is 3.28. The van der Waals surface area contributed by atoms with Gasteiger partial charge in [0.05, 0.1) is 13.2 Å². The van der Waals surface area contributed by atoms with Crippen molar-refractivity contribution in [2.75, 3.05) is 13.2 Å². The Labute approximate surface area is 81.6 Å². The van der Waals surface area contributed by atoms with E-state index in [1.165, 1.54) is 25.7 Å². The van der Waals surface area contributed by atoms with Gasteiger partial charge in [-0.1, -0.05) is 26.7 Å². The van der Waals surface area contributed by atoms with E-state index in [0.29, 0.717) is 0 Å². The zero-order valence-electron chi connectivity index (χ0n) is 8.97. The van der Waals surface area contributed by atoms with Gasteiger partial charge < -0.3 is 9.47 Å². The van der Waals surface area contributed by atoms with Crippen LogP contribution in [0.4, 0.5) is 0 Å². The topological polar surface area (TPSA) is 18.5 Å². The maximum Gasteiger partial charge on any atom is 0.168 e. The summed E-state index contributed by atoms with van der Waals surface area (Å²) in [4.78, 5) is 0. The summed E-state index contributed by atoms with van der Waals surface area (Å²) in [6.45, 7) is 5.99. The van der Waals surface area contributed by atoms with Crippen molar-refractivity contribution in [3.8, 4) is 0 Å². The summed E-state index contributed by atoms with van der Waals surface area (Å²) in [5.41, 5.74) is 0. The van der Waals surface area contributed by atoms with Crippen LogP contribution >= 0.6 is 0 Å². The average Bonchev–Trinajstić information content (AvgIpc) is 2.61. The molecule has 1 aliphatic heterocycles. The van der Waals surface area contributed by atoms with E-state index in [9.17, 15) is 0 Å². The summed E-state index contributed by atoms with van der Waals surface area (Å²) < 4.78 is 11.4. The highest BCUT2D eigenvalue weighted by molar-refractivity contribution is 4.73. The largest absolute Gasteiger partial charge is 0.348 e. The normalized spacial score (nSPS) is 20.8. The molecule has 0 unspecified atom stereocenters. The minimum atomic E-state index is -0.202. The molecule has 1 rings (SSSR count). The van der Waals surface area contributed by atoms with E-state index in [2.05, 4.69) is 13.8 Å². The molecule has 0 aromatic carbocycles. The number of hydrogen-bond donors (Lipinski definition) is 0. The van der Waals surface area contributed by atoms with Crippen LogP contribution in [-0.2, 0) is 9.47 Å². The first-order valence-corrected chi connectivity index (χ1v) is 5.61. The maximum absolute atomic E-state index is 5.72. The molecular formula is C11H22O2. The molecule has 0 radical (unpaired) electrons. The van der Waals surface area contributed by atoms with Gasteiger partial charge >= 0.3 is 0 Å². The SMILES string of the molecule is CCCCC1(CCCC)OCCO1. The highest BCUT2D eigenvalue weighted by Gasteiger charge is 2.34. The molecule has 2 nitrogen and oxygen atoms in total. The highest BCUT2D eigenvalue weighted by Crippen LogP contribution is 2.30. The predicted octanol–water partition coefficient (Wildman–Crippen LogP) is 3.11. The average molecular weight is 186 g/mol. The van der Waals surface area contributed by atoms with Crippen LogP contribution in [-0.4, -0.2) is 19.0 Å². The van der Waals surface area contributed by atoms with E-state index < -0.39 is 0 Å². The van der Waals surface area contributed by atoms with Crippen LogP contribution in [0.15, 0.2) is 0 Å². The Kier molecular flexibility index (Phi) is 4.74. The fourth-order valence-electron chi connectivity index (χ4n) is 1.80. The molecule has 0 N–H and O–H groups in total.